The zero-order valence-corrected chi connectivity index (χ0v) is 19.6. The third kappa shape index (κ3) is 5.44. The van der Waals surface area contributed by atoms with Gasteiger partial charge in [-0.05, 0) is 24.6 Å². The molecule has 0 aromatic heterocycles. The molecule has 1 saturated heterocycles. The number of nitrogens with zero attached hydrogens (tertiary/aromatic N) is 2. The van der Waals surface area contributed by atoms with Gasteiger partial charge in [0.2, 0.25) is 0 Å². The number of guanidine groups is 1. The van der Waals surface area contributed by atoms with Gasteiger partial charge in [-0.2, -0.15) is 0 Å². The van der Waals surface area contributed by atoms with Crippen LogP contribution in [0.15, 0.2) is 41.4 Å². The normalized spacial score (nSPS) is 16.1. The molecule has 3 rings (SSSR count). The molecule has 0 radical (unpaired) electrons. The predicted molar refractivity (Wildman–Crippen MR) is 125 cm³/mol. The molecule has 0 saturated carbocycles. The minimum Gasteiger partial charge on any atom is -0.493 e. The Labute approximate surface area is 192 Å². The average Bonchev–Trinajstić information content (AvgIpc) is 3.18. The SMILES string of the molecule is CN=C(NCc1cccc(OC)c1OC)NC1CCN(c2c(F)cccc2F)C1.I. The fraction of sp³-hybridized carbons (Fsp3) is 0.381. The van der Waals surface area contributed by atoms with Gasteiger partial charge in [-0.1, -0.05) is 18.2 Å². The maximum Gasteiger partial charge on any atom is 0.191 e. The first-order valence-corrected chi connectivity index (χ1v) is 9.43. The monoisotopic (exact) mass is 532 g/mol. The summed E-state index contributed by atoms with van der Waals surface area (Å²) in [5, 5.41) is 6.57. The van der Waals surface area contributed by atoms with Crippen LogP contribution in [0.3, 0.4) is 0 Å². The lowest BCUT2D eigenvalue weighted by atomic mass is 10.2. The van der Waals surface area contributed by atoms with E-state index in [9.17, 15) is 8.78 Å². The Hall–Kier alpha value is -2.30. The lowest BCUT2D eigenvalue weighted by molar-refractivity contribution is 0.351. The van der Waals surface area contributed by atoms with E-state index < -0.39 is 11.6 Å². The van der Waals surface area contributed by atoms with Gasteiger partial charge in [-0.3, -0.25) is 4.99 Å². The highest BCUT2D eigenvalue weighted by Gasteiger charge is 2.27. The van der Waals surface area contributed by atoms with Gasteiger partial charge >= 0.3 is 0 Å². The summed E-state index contributed by atoms with van der Waals surface area (Å²) in [7, 11) is 4.88. The van der Waals surface area contributed by atoms with Gasteiger partial charge in [0, 0.05) is 38.3 Å². The number of benzene rings is 2. The number of methoxy groups -OCH3 is 2. The molecule has 0 bridgehead atoms. The van der Waals surface area contributed by atoms with Crippen LogP contribution in [-0.4, -0.2) is 46.4 Å². The third-order valence-corrected chi connectivity index (χ3v) is 4.94. The number of anilines is 1. The molecular formula is C21H27F2IN4O2. The van der Waals surface area contributed by atoms with Crippen molar-refractivity contribution in [2.75, 3.05) is 39.3 Å². The lowest BCUT2D eigenvalue weighted by Crippen LogP contribution is -2.44. The number of para-hydroxylation sites is 2. The molecular weight excluding hydrogens is 505 g/mol. The van der Waals surface area contributed by atoms with Crippen molar-refractivity contribution in [2.24, 2.45) is 4.99 Å². The van der Waals surface area contributed by atoms with E-state index in [1.807, 2.05) is 18.2 Å². The fourth-order valence-electron chi connectivity index (χ4n) is 3.53. The first kappa shape index (κ1) is 24.0. The van der Waals surface area contributed by atoms with Crippen molar-refractivity contribution in [3.63, 3.8) is 0 Å². The standard InChI is InChI=1S/C21H26F2N4O2.HI/c1-24-21(25-12-14-6-4-9-18(28-2)20(14)29-3)26-15-10-11-27(13-15)19-16(22)7-5-8-17(19)23;/h4-9,15H,10-13H2,1-3H3,(H2,24,25,26);1H. The van der Waals surface area contributed by atoms with Gasteiger partial charge in [-0.25, -0.2) is 8.78 Å². The second-order valence-electron chi connectivity index (χ2n) is 6.72. The minimum atomic E-state index is -0.543. The first-order valence-electron chi connectivity index (χ1n) is 9.43. The van der Waals surface area contributed by atoms with Crippen LogP contribution in [0.2, 0.25) is 0 Å². The van der Waals surface area contributed by atoms with Crippen LogP contribution in [0.4, 0.5) is 14.5 Å². The van der Waals surface area contributed by atoms with Crippen LogP contribution in [0.1, 0.15) is 12.0 Å². The number of nitrogens with one attached hydrogen (secondary N) is 2. The van der Waals surface area contributed by atoms with E-state index in [0.717, 1.165) is 12.0 Å². The minimum absolute atomic E-state index is 0. The topological polar surface area (TPSA) is 58.1 Å². The van der Waals surface area contributed by atoms with Crippen LogP contribution in [-0.2, 0) is 6.54 Å². The molecule has 1 heterocycles. The molecule has 6 nitrogen and oxygen atoms in total. The number of rotatable bonds is 6. The molecule has 2 aromatic carbocycles. The van der Waals surface area contributed by atoms with Crippen molar-refractivity contribution in [1.82, 2.24) is 10.6 Å². The molecule has 0 spiro atoms. The van der Waals surface area contributed by atoms with E-state index >= 15 is 0 Å². The summed E-state index contributed by atoms with van der Waals surface area (Å²) in [5.74, 6) is 0.848. The molecule has 1 aliphatic rings. The fourth-order valence-corrected chi connectivity index (χ4v) is 3.53. The van der Waals surface area contributed by atoms with E-state index in [2.05, 4.69) is 15.6 Å². The van der Waals surface area contributed by atoms with Crippen molar-refractivity contribution in [3.8, 4) is 11.5 Å². The maximum atomic E-state index is 14.0. The molecule has 0 amide bonds. The molecule has 2 N–H and O–H groups in total. The van der Waals surface area contributed by atoms with Crippen LogP contribution in [0.5, 0.6) is 11.5 Å². The Kier molecular flexibility index (Phi) is 8.94. The van der Waals surface area contributed by atoms with Gasteiger partial charge in [0.1, 0.15) is 17.3 Å². The van der Waals surface area contributed by atoms with E-state index in [1.54, 1.807) is 26.2 Å². The van der Waals surface area contributed by atoms with E-state index in [-0.39, 0.29) is 35.7 Å². The molecule has 9 heteroatoms. The Morgan fingerprint density at radius 1 is 1.13 bits per heavy atom. The summed E-state index contributed by atoms with van der Waals surface area (Å²) in [6, 6.07) is 9.63. The third-order valence-electron chi connectivity index (χ3n) is 4.94. The molecule has 164 valence electrons. The zero-order chi connectivity index (χ0) is 20.8. The van der Waals surface area contributed by atoms with Gasteiger partial charge in [0.15, 0.2) is 17.5 Å². The summed E-state index contributed by atoms with van der Waals surface area (Å²) in [6.07, 6.45) is 0.747. The van der Waals surface area contributed by atoms with Crippen molar-refractivity contribution in [1.29, 1.82) is 0 Å². The quantitative estimate of drug-likeness (QED) is 0.339. The molecule has 0 aliphatic carbocycles. The average molecular weight is 532 g/mol. The van der Waals surface area contributed by atoms with Crippen LogP contribution < -0.4 is 25.0 Å². The second kappa shape index (κ2) is 11.2. The van der Waals surface area contributed by atoms with E-state index in [4.69, 9.17) is 9.47 Å². The summed E-state index contributed by atoms with van der Waals surface area (Å²) in [6.45, 7) is 1.54. The van der Waals surface area contributed by atoms with Crippen LogP contribution >= 0.6 is 24.0 Å². The summed E-state index contributed by atoms with van der Waals surface area (Å²) in [5.41, 5.74) is 0.956. The van der Waals surface area contributed by atoms with Gasteiger partial charge in [0.05, 0.1) is 14.2 Å². The van der Waals surface area contributed by atoms with Crippen LogP contribution in [0, 0.1) is 11.6 Å². The Morgan fingerprint density at radius 2 is 1.83 bits per heavy atom. The smallest absolute Gasteiger partial charge is 0.191 e. The number of hydrogen-bond donors (Lipinski definition) is 2. The highest BCUT2D eigenvalue weighted by Crippen LogP contribution is 2.30. The van der Waals surface area contributed by atoms with E-state index in [0.29, 0.717) is 37.1 Å². The summed E-state index contributed by atoms with van der Waals surface area (Å²) in [4.78, 5) is 5.98. The molecule has 1 atom stereocenters. The van der Waals surface area contributed by atoms with Crippen LogP contribution in [0.25, 0.3) is 0 Å². The Morgan fingerprint density at radius 3 is 2.47 bits per heavy atom. The van der Waals surface area contributed by atoms with Gasteiger partial charge < -0.3 is 25.0 Å². The molecule has 1 aliphatic heterocycles. The highest BCUT2D eigenvalue weighted by molar-refractivity contribution is 14.0. The second-order valence-corrected chi connectivity index (χ2v) is 6.72. The number of aliphatic imine (C=N–C) groups is 1. The largest absolute Gasteiger partial charge is 0.493 e. The van der Waals surface area contributed by atoms with Crippen molar-refractivity contribution in [2.45, 2.75) is 19.0 Å². The summed E-state index contributed by atoms with van der Waals surface area (Å²) < 4.78 is 38.9. The first-order chi connectivity index (χ1) is 14.1. The molecule has 1 unspecified atom stereocenters. The highest BCUT2D eigenvalue weighted by atomic mass is 127. The van der Waals surface area contributed by atoms with E-state index in [1.165, 1.54) is 18.2 Å². The number of ether oxygens (including phenoxy) is 2. The molecule has 30 heavy (non-hydrogen) atoms. The molecule has 1 fully saturated rings. The van der Waals surface area contributed by atoms with Gasteiger partial charge in [0.25, 0.3) is 0 Å². The van der Waals surface area contributed by atoms with Gasteiger partial charge in [-0.15, -0.1) is 24.0 Å². The lowest BCUT2D eigenvalue weighted by Gasteiger charge is -2.21. The van der Waals surface area contributed by atoms with Crippen molar-refractivity contribution < 1.29 is 18.3 Å². The number of halogens is 3. The zero-order valence-electron chi connectivity index (χ0n) is 17.2. The number of hydrogen-bond acceptors (Lipinski definition) is 4. The predicted octanol–water partition coefficient (Wildman–Crippen LogP) is 3.54. The maximum absolute atomic E-state index is 14.0. The van der Waals surface area contributed by atoms with Crippen molar-refractivity contribution in [3.05, 3.63) is 53.6 Å². The Balaban J connectivity index is 0.00000320. The molecule has 2 aromatic rings. The summed E-state index contributed by atoms with van der Waals surface area (Å²) >= 11 is 0. The Bertz CT molecular complexity index is 862. The van der Waals surface area contributed by atoms with Crippen molar-refractivity contribution >= 4 is 35.6 Å².